The molecule has 3 rings (SSSR count). The molecule has 0 atom stereocenters. The largest absolute Gasteiger partial charge is 0.416 e. The van der Waals surface area contributed by atoms with E-state index < -0.39 is 11.7 Å². The number of halogens is 3. The number of alkyl halides is 3. The van der Waals surface area contributed by atoms with E-state index in [4.69, 9.17) is 0 Å². The first-order valence-electron chi connectivity index (χ1n) is 10.9. The Kier molecular flexibility index (Phi) is 7.12. The van der Waals surface area contributed by atoms with Crippen molar-refractivity contribution >= 4 is 11.7 Å². The van der Waals surface area contributed by atoms with Gasteiger partial charge in [0.25, 0.3) is 0 Å². The topological polar surface area (TPSA) is 54.3 Å². The molecule has 0 bridgehead atoms. The van der Waals surface area contributed by atoms with Crippen LogP contribution in [0.5, 0.6) is 0 Å². The van der Waals surface area contributed by atoms with Gasteiger partial charge in [0.2, 0.25) is 5.91 Å². The van der Waals surface area contributed by atoms with Crippen LogP contribution in [0.2, 0.25) is 0 Å². The molecule has 32 heavy (non-hydrogen) atoms. The fourth-order valence-electron chi connectivity index (χ4n) is 4.31. The fourth-order valence-corrected chi connectivity index (χ4v) is 4.31. The van der Waals surface area contributed by atoms with Crippen molar-refractivity contribution in [1.82, 2.24) is 14.8 Å². The number of piperidine rings is 1. The molecule has 1 saturated heterocycles. The van der Waals surface area contributed by atoms with Crippen LogP contribution < -0.4 is 5.32 Å². The summed E-state index contributed by atoms with van der Waals surface area (Å²) in [6.07, 6.45) is -3.02. The first-order chi connectivity index (χ1) is 15.0. The summed E-state index contributed by atoms with van der Waals surface area (Å²) in [5.74, 6) is -0.0354. The number of Topliss-reactive ketones (excluding diaryl/α,β-unsaturated/α-hetero) is 1. The number of hydrogen-bond acceptors (Lipinski definition) is 3. The van der Waals surface area contributed by atoms with Crippen LogP contribution in [0, 0.1) is 19.8 Å². The molecule has 174 valence electrons. The summed E-state index contributed by atoms with van der Waals surface area (Å²) >= 11 is 0. The van der Waals surface area contributed by atoms with E-state index in [9.17, 15) is 22.8 Å². The lowest BCUT2D eigenvalue weighted by atomic mass is 9.95. The van der Waals surface area contributed by atoms with Crippen molar-refractivity contribution in [1.29, 1.82) is 0 Å². The molecule has 1 aliphatic rings. The highest BCUT2D eigenvalue weighted by atomic mass is 19.4. The van der Waals surface area contributed by atoms with E-state index >= 15 is 0 Å². The minimum absolute atomic E-state index is 0.0327. The Bertz CT molecular complexity index is 987. The van der Waals surface area contributed by atoms with Crippen molar-refractivity contribution in [2.24, 2.45) is 5.92 Å². The van der Waals surface area contributed by atoms with Crippen LogP contribution in [0.3, 0.4) is 0 Å². The second-order valence-electron chi connectivity index (χ2n) is 8.81. The molecule has 0 aliphatic carbocycles. The van der Waals surface area contributed by atoms with Crippen molar-refractivity contribution < 1.29 is 22.8 Å². The number of likely N-dealkylation sites (tertiary alicyclic amines) is 1. The molecule has 1 aromatic carbocycles. The van der Waals surface area contributed by atoms with Gasteiger partial charge in [-0.1, -0.05) is 6.07 Å². The lowest BCUT2D eigenvalue weighted by molar-refractivity contribution is -0.137. The predicted octanol–water partition coefficient (Wildman–Crippen LogP) is 4.53. The number of hydrogen-bond donors (Lipinski definition) is 1. The molecule has 2 heterocycles. The molecule has 1 aliphatic heterocycles. The van der Waals surface area contributed by atoms with E-state index in [1.54, 1.807) is 30.5 Å². The molecule has 1 N–H and O–H groups in total. The van der Waals surface area contributed by atoms with Crippen LogP contribution in [0.1, 0.15) is 54.0 Å². The van der Waals surface area contributed by atoms with Gasteiger partial charge in [-0.25, -0.2) is 0 Å². The number of nitrogens with zero attached hydrogens (tertiary/aromatic N) is 2. The molecule has 0 unspecified atom stereocenters. The van der Waals surface area contributed by atoms with Gasteiger partial charge < -0.3 is 9.88 Å². The van der Waals surface area contributed by atoms with Gasteiger partial charge in [-0.3, -0.25) is 14.5 Å². The van der Waals surface area contributed by atoms with Gasteiger partial charge in [-0.15, -0.1) is 0 Å². The number of ketones is 1. The van der Waals surface area contributed by atoms with Crippen molar-refractivity contribution in [3.63, 3.8) is 0 Å². The van der Waals surface area contributed by atoms with E-state index in [-0.39, 0.29) is 30.2 Å². The Morgan fingerprint density at radius 2 is 1.78 bits per heavy atom. The highest BCUT2D eigenvalue weighted by Crippen LogP contribution is 2.31. The summed E-state index contributed by atoms with van der Waals surface area (Å²) < 4.78 is 41.1. The highest BCUT2D eigenvalue weighted by molar-refractivity contribution is 5.99. The Morgan fingerprint density at radius 3 is 2.38 bits per heavy atom. The summed E-state index contributed by atoms with van der Waals surface area (Å²) in [6, 6.07) is 6.96. The third kappa shape index (κ3) is 5.41. The van der Waals surface area contributed by atoms with Gasteiger partial charge in [-0.05, 0) is 77.9 Å². The second-order valence-corrected chi connectivity index (χ2v) is 8.81. The summed E-state index contributed by atoms with van der Waals surface area (Å²) in [7, 11) is 0. The monoisotopic (exact) mass is 449 g/mol. The zero-order valence-corrected chi connectivity index (χ0v) is 18.9. The smallest absolute Gasteiger partial charge is 0.354 e. The Morgan fingerprint density at radius 1 is 1.12 bits per heavy atom. The number of rotatable bonds is 6. The molecule has 2 aromatic rings. The lowest BCUT2D eigenvalue weighted by Crippen LogP contribution is -2.43. The molecular formula is C24H30F3N3O2. The molecule has 0 radical (unpaired) electrons. The number of nitrogens with one attached hydrogen (secondary N) is 1. The van der Waals surface area contributed by atoms with E-state index in [0.717, 1.165) is 12.1 Å². The maximum Gasteiger partial charge on any atom is 0.416 e. The van der Waals surface area contributed by atoms with Gasteiger partial charge in [0.05, 0.1) is 12.1 Å². The third-order valence-electron chi connectivity index (χ3n) is 5.92. The van der Waals surface area contributed by atoms with E-state index in [2.05, 4.69) is 5.32 Å². The quantitative estimate of drug-likeness (QED) is 0.660. The summed E-state index contributed by atoms with van der Waals surface area (Å²) in [4.78, 5) is 27.2. The molecule has 8 heteroatoms. The predicted molar refractivity (Wildman–Crippen MR) is 117 cm³/mol. The molecule has 5 nitrogen and oxygen atoms in total. The Hall–Kier alpha value is -2.61. The zero-order chi connectivity index (χ0) is 23.6. The van der Waals surface area contributed by atoms with Crippen LogP contribution in [-0.2, 0) is 11.0 Å². The van der Waals surface area contributed by atoms with Crippen LogP contribution >= 0.6 is 0 Å². The molecular weight excluding hydrogens is 419 g/mol. The molecule has 1 aromatic heterocycles. The van der Waals surface area contributed by atoms with Gasteiger partial charge in [-0.2, -0.15) is 13.2 Å². The molecule has 0 spiro atoms. The zero-order valence-electron chi connectivity index (χ0n) is 18.9. The number of amides is 1. The number of aryl methyl sites for hydroxylation is 1. The normalized spacial score (nSPS) is 15.9. The Balaban J connectivity index is 1.70. The number of carbonyl (C=O) groups is 2. The molecule has 1 amide bonds. The minimum Gasteiger partial charge on any atom is -0.354 e. The lowest BCUT2D eigenvalue weighted by Gasteiger charge is -2.31. The standard InChI is InChI=1S/C24H30F3N3O2/c1-15(2)28-23(32)18-8-10-29(11-9-18)14-22(31)21-12-16(3)30(17(21)4)20-7-5-6-19(13-20)24(25,26)27/h5-7,12-13,15,18H,8-11,14H2,1-4H3,(H,28,32). The van der Waals surface area contributed by atoms with Crippen molar-refractivity contribution in [3.8, 4) is 5.69 Å². The van der Waals surface area contributed by atoms with Crippen LogP contribution in [0.15, 0.2) is 30.3 Å². The highest BCUT2D eigenvalue weighted by Gasteiger charge is 2.31. The maximum absolute atomic E-state index is 13.1. The Labute approximate surface area is 186 Å². The average Bonchev–Trinajstić information content (AvgIpc) is 3.01. The maximum atomic E-state index is 13.1. The van der Waals surface area contributed by atoms with Crippen molar-refractivity contribution in [2.75, 3.05) is 19.6 Å². The molecule has 0 saturated carbocycles. The first-order valence-corrected chi connectivity index (χ1v) is 10.9. The van der Waals surface area contributed by atoms with Crippen LogP contribution in [0.25, 0.3) is 5.69 Å². The van der Waals surface area contributed by atoms with Gasteiger partial charge in [0, 0.05) is 34.6 Å². The van der Waals surface area contributed by atoms with Gasteiger partial charge in [0.1, 0.15) is 0 Å². The SMILES string of the molecule is Cc1cc(C(=O)CN2CCC(C(=O)NC(C)C)CC2)c(C)n1-c1cccc(C(F)(F)F)c1. The van der Waals surface area contributed by atoms with Crippen molar-refractivity contribution in [3.05, 3.63) is 52.8 Å². The summed E-state index contributed by atoms with van der Waals surface area (Å²) in [5, 5.41) is 2.94. The van der Waals surface area contributed by atoms with Crippen LogP contribution in [0.4, 0.5) is 13.2 Å². The first kappa shape index (κ1) is 24.0. The fraction of sp³-hybridized carbons (Fsp3) is 0.500. The number of benzene rings is 1. The molecule has 1 fully saturated rings. The minimum atomic E-state index is -4.43. The summed E-state index contributed by atoms with van der Waals surface area (Å²) in [5.41, 5.74) is 1.50. The third-order valence-corrected chi connectivity index (χ3v) is 5.92. The van der Waals surface area contributed by atoms with Gasteiger partial charge in [0.15, 0.2) is 5.78 Å². The number of aromatic nitrogens is 1. The van der Waals surface area contributed by atoms with Gasteiger partial charge >= 0.3 is 6.18 Å². The number of carbonyl (C=O) groups excluding carboxylic acids is 2. The van der Waals surface area contributed by atoms with E-state index in [1.165, 1.54) is 6.07 Å². The van der Waals surface area contributed by atoms with Crippen LogP contribution in [-0.4, -0.2) is 46.8 Å². The summed E-state index contributed by atoms with van der Waals surface area (Å²) in [6.45, 7) is 8.95. The average molecular weight is 450 g/mol. The second kappa shape index (κ2) is 9.48. The van der Waals surface area contributed by atoms with Crippen molar-refractivity contribution in [2.45, 2.75) is 52.8 Å². The van der Waals surface area contributed by atoms with E-state index in [0.29, 0.717) is 48.6 Å². The van der Waals surface area contributed by atoms with E-state index in [1.807, 2.05) is 18.7 Å².